The van der Waals surface area contributed by atoms with Gasteiger partial charge in [-0.1, -0.05) is 13.8 Å². The molecule has 1 N–H and O–H groups in total. The lowest BCUT2D eigenvalue weighted by atomic mass is 10.1. The third-order valence-electron chi connectivity index (χ3n) is 3.25. The number of carbonyl (C=O) groups excluding carboxylic acids is 1. The maximum absolute atomic E-state index is 11.9. The van der Waals surface area contributed by atoms with E-state index in [1.54, 1.807) is 6.20 Å². The molecule has 5 nitrogen and oxygen atoms in total. The molecule has 0 unspecified atom stereocenters. The van der Waals surface area contributed by atoms with Crippen LogP contribution in [-0.4, -0.2) is 48.1 Å². The van der Waals surface area contributed by atoms with Crippen molar-refractivity contribution in [2.45, 2.75) is 32.8 Å². The number of nitrogens with one attached hydrogen (secondary N) is 1. The van der Waals surface area contributed by atoms with Gasteiger partial charge in [-0.2, -0.15) is 0 Å². The average Bonchev–Trinajstić information content (AvgIpc) is 2.90. The Morgan fingerprint density at radius 3 is 2.90 bits per heavy atom. The van der Waals surface area contributed by atoms with Gasteiger partial charge in [0.25, 0.3) is 0 Å². The minimum absolute atomic E-state index is 0.0153. The minimum atomic E-state index is 0.0153. The van der Waals surface area contributed by atoms with Gasteiger partial charge in [-0.05, 0) is 18.8 Å². The van der Waals surface area contributed by atoms with Gasteiger partial charge in [0.05, 0.1) is 12.6 Å². The summed E-state index contributed by atoms with van der Waals surface area (Å²) >= 11 is 1.44. The number of likely N-dealkylation sites (tertiary alicyclic amines) is 1. The third kappa shape index (κ3) is 5.19. The fraction of sp³-hybridized carbons (Fsp3) is 0.714. The molecule has 0 aliphatic carbocycles. The van der Waals surface area contributed by atoms with Gasteiger partial charge in [0.15, 0.2) is 5.13 Å². The Balaban J connectivity index is 1.65. The molecule has 1 aromatic heterocycles. The molecular weight excluding hydrogens is 274 g/mol. The van der Waals surface area contributed by atoms with Crippen molar-refractivity contribution in [2.24, 2.45) is 5.92 Å². The number of hydrogen-bond donors (Lipinski definition) is 1. The standard InChI is InChI=1S/C14H23N3O2S/c1-11(2)10-19-12-3-6-17(7-4-12)9-13(18)16-14-15-5-8-20-14/h5,8,11-12H,3-4,6-7,9-10H2,1-2H3,(H,15,16,18). The van der Waals surface area contributed by atoms with Gasteiger partial charge >= 0.3 is 0 Å². The maximum Gasteiger partial charge on any atom is 0.240 e. The lowest BCUT2D eigenvalue weighted by molar-refractivity contribution is -0.118. The van der Waals surface area contributed by atoms with Crippen molar-refractivity contribution < 1.29 is 9.53 Å². The fourth-order valence-corrected chi connectivity index (χ4v) is 2.75. The summed E-state index contributed by atoms with van der Waals surface area (Å²) in [5.74, 6) is 0.596. The quantitative estimate of drug-likeness (QED) is 0.875. The molecule has 6 heteroatoms. The Labute approximate surface area is 124 Å². The summed E-state index contributed by atoms with van der Waals surface area (Å²) < 4.78 is 5.85. The normalized spacial score (nSPS) is 17.6. The Hall–Kier alpha value is -0.980. The van der Waals surface area contributed by atoms with Crippen molar-refractivity contribution in [1.82, 2.24) is 9.88 Å². The summed E-state index contributed by atoms with van der Waals surface area (Å²) in [6.45, 7) is 7.45. The maximum atomic E-state index is 11.9. The summed E-state index contributed by atoms with van der Waals surface area (Å²) in [5, 5.41) is 5.34. The number of hydrogen-bond acceptors (Lipinski definition) is 5. The van der Waals surface area contributed by atoms with Crippen molar-refractivity contribution in [3.8, 4) is 0 Å². The second-order valence-electron chi connectivity index (χ2n) is 5.59. The largest absolute Gasteiger partial charge is 0.378 e. The lowest BCUT2D eigenvalue weighted by Crippen LogP contribution is -2.41. The summed E-state index contributed by atoms with van der Waals surface area (Å²) in [7, 11) is 0. The highest BCUT2D eigenvalue weighted by molar-refractivity contribution is 7.13. The molecule has 1 aliphatic heterocycles. The molecule has 1 fully saturated rings. The van der Waals surface area contributed by atoms with E-state index in [1.807, 2.05) is 5.38 Å². The number of nitrogens with zero attached hydrogens (tertiary/aromatic N) is 2. The number of piperidine rings is 1. The first-order valence-electron chi connectivity index (χ1n) is 7.17. The topological polar surface area (TPSA) is 54.5 Å². The van der Waals surface area contributed by atoms with Gasteiger partial charge in [0.1, 0.15) is 0 Å². The average molecular weight is 297 g/mol. The predicted molar refractivity (Wildman–Crippen MR) is 81.0 cm³/mol. The summed E-state index contributed by atoms with van der Waals surface area (Å²) in [6.07, 6.45) is 4.07. The van der Waals surface area contributed by atoms with E-state index in [4.69, 9.17) is 4.74 Å². The highest BCUT2D eigenvalue weighted by Gasteiger charge is 2.21. The van der Waals surface area contributed by atoms with Crippen LogP contribution in [-0.2, 0) is 9.53 Å². The smallest absolute Gasteiger partial charge is 0.240 e. The number of rotatable bonds is 6. The van der Waals surface area contributed by atoms with Crippen LogP contribution in [0.3, 0.4) is 0 Å². The zero-order valence-corrected chi connectivity index (χ0v) is 13.0. The van der Waals surface area contributed by atoms with Gasteiger partial charge in [-0.15, -0.1) is 11.3 Å². The van der Waals surface area contributed by atoms with E-state index in [2.05, 4.69) is 29.0 Å². The van der Waals surface area contributed by atoms with Crippen molar-refractivity contribution in [1.29, 1.82) is 0 Å². The molecule has 20 heavy (non-hydrogen) atoms. The Bertz CT molecular complexity index is 401. The Morgan fingerprint density at radius 2 is 2.30 bits per heavy atom. The summed E-state index contributed by atoms with van der Waals surface area (Å²) in [6, 6.07) is 0. The first kappa shape index (κ1) is 15.4. The second kappa shape index (κ2) is 7.71. The van der Waals surface area contributed by atoms with Crippen LogP contribution in [0.1, 0.15) is 26.7 Å². The highest BCUT2D eigenvalue weighted by atomic mass is 32.1. The Morgan fingerprint density at radius 1 is 1.55 bits per heavy atom. The molecule has 0 atom stereocenters. The molecule has 1 saturated heterocycles. The molecule has 2 rings (SSSR count). The van der Waals surface area contributed by atoms with Crippen LogP contribution >= 0.6 is 11.3 Å². The van der Waals surface area contributed by atoms with Gasteiger partial charge in [-0.25, -0.2) is 4.98 Å². The summed E-state index contributed by atoms with van der Waals surface area (Å²) in [5.41, 5.74) is 0. The van der Waals surface area contributed by atoms with Crippen LogP contribution in [0.5, 0.6) is 0 Å². The van der Waals surface area contributed by atoms with E-state index >= 15 is 0 Å². The van der Waals surface area contributed by atoms with Gasteiger partial charge in [0.2, 0.25) is 5.91 Å². The summed E-state index contributed by atoms with van der Waals surface area (Å²) in [4.78, 5) is 18.1. The van der Waals surface area contributed by atoms with E-state index < -0.39 is 0 Å². The molecule has 0 spiro atoms. The van der Waals surface area contributed by atoms with E-state index in [0.29, 0.717) is 23.7 Å². The van der Waals surface area contributed by atoms with Crippen LogP contribution in [0.4, 0.5) is 5.13 Å². The molecule has 1 aliphatic rings. The zero-order chi connectivity index (χ0) is 14.4. The molecular formula is C14H23N3O2S. The first-order chi connectivity index (χ1) is 9.63. The molecule has 0 aromatic carbocycles. The predicted octanol–water partition coefficient (Wildman–Crippen LogP) is 2.22. The van der Waals surface area contributed by atoms with Crippen molar-refractivity contribution in [3.63, 3.8) is 0 Å². The molecule has 1 amide bonds. The molecule has 2 heterocycles. The van der Waals surface area contributed by atoms with E-state index in [0.717, 1.165) is 32.5 Å². The first-order valence-corrected chi connectivity index (χ1v) is 8.04. The lowest BCUT2D eigenvalue weighted by Gasteiger charge is -2.31. The van der Waals surface area contributed by atoms with E-state index in [-0.39, 0.29) is 5.91 Å². The van der Waals surface area contributed by atoms with Crippen LogP contribution in [0, 0.1) is 5.92 Å². The van der Waals surface area contributed by atoms with Crippen molar-refractivity contribution >= 4 is 22.4 Å². The molecule has 0 radical (unpaired) electrons. The van der Waals surface area contributed by atoms with Crippen LogP contribution in [0.15, 0.2) is 11.6 Å². The molecule has 1 aromatic rings. The third-order valence-corrected chi connectivity index (χ3v) is 3.93. The van der Waals surface area contributed by atoms with Gasteiger partial charge < -0.3 is 10.1 Å². The van der Waals surface area contributed by atoms with E-state index in [1.165, 1.54) is 11.3 Å². The minimum Gasteiger partial charge on any atom is -0.378 e. The van der Waals surface area contributed by atoms with Crippen LogP contribution in [0.2, 0.25) is 0 Å². The highest BCUT2D eigenvalue weighted by Crippen LogP contribution is 2.15. The zero-order valence-electron chi connectivity index (χ0n) is 12.2. The number of aromatic nitrogens is 1. The second-order valence-corrected chi connectivity index (χ2v) is 6.48. The number of anilines is 1. The van der Waals surface area contributed by atoms with Crippen LogP contribution < -0.4 is 5.32 Å². The number of thiazole rings is 1. The molecule has 0 saturated carbocycles. The number of carbonyl (C=O) groups is 1. The van der Waals surface area contributed by atoms with Gasteiger partial charge in [-0.3, -0.25) is 9.69 Å². The van der Waals surface area contributed by atoms with Crippen LogP contribution in [0.25, 0.3) is 0 Å². The number of ether oxygens (including phenoxy) is 1. The monoisotopic (exact) mass is 297 g/mol. The van der Waals surface area contributed by atoms with Crippen molar-refractivity contribution in [3.05, 3.63) is 11.6 Å². The number of amides is 1. The molecule has 112 valence electrons. The van der Waals surface area contributed by atoms with E-state index in [9.17, 15) is 4.79 Å². The Kier molecular flexibility index (Phi) is 5.94. The SMILES string of the molecule is CC(C)COC1CCN(CC(=O)Nc2nccs2)CC1. The fourth-order valence-electron chi connectivity index (χ4n) is 2.21. The van der Waals surface area contributed by atoms with Gasteiger partial charge in [0, 0.05) is 31.3 Å². The van der Waals surface area contributed by atoms with Crippen molar-refractivity contribution in [2.75, 3.05) is 31.6 Å². The molecule has 0 bridgehead atoms.